The lowest BCUT2D eigenvalue weighted by Gasteiger charge is -2.20. The van der Waals surface area contributed by atoms with Gasteiger partial charge in [0.25, 0.3) is 0 Å². The molecule has 2 saturated carbocycles. The fourth-order valence-corrected chi connectivity index (χ4v) is 3.03. The molecule has 1 nitrogen and oxygen atoms in total. The van der Waals surface area contributed by atoms with E-state index in [1.807, 2.05) is 12.1 Å². The summed E-state index contributed by atoms with van der Waals surface area (Å²) in [6.07, 6.45) is 5.81. The Morgan fingerprint density at radius 3 is 2.76 bits per heavy atom. The van der Waals surface area contributed by atoms with Crippen molar-refractivity contribution in [1.29, 1.82) is 0 Å². The molecule has 2 heteroatoms. The second kappa shape index (κ2) is 4.29. The third-order valence-corrected chi connectivity index (χ3v) is 4.68. The van der Waals surface area contributed by atoms with Gasteiger partial charge in [0.1, 0.15) is 0 Å². The van der Waals surface area contributed by atoms with E-state index in [0.717, 1.165) is 10.9 Å². The van der Waals surface area contributed by atoms with Crippen LogP contribution in [0.1, 0.15) is 44.2 Å². The highest BCUT2D eigenvalue weighted by Crippen LogP contribution is 2.60. The Morgan fingerprint density at radius 1 is 1.41 bits per heavy atom. The topological polar surface area (TPSA) is 12.0 Å². The van der Waals surface area contributed by atoms with E-state index in [2.05, 4.69) is 24.4 Å². The molecule has 1 atom stereocenters. The maximum Gasteiger partial charge on any atom is 0.0409 e. The summed E-state index contributed by atoms with van der Waals surface area (Å²) in [6, 6.07) is 8.59. The molecule has 0 radical (unpaired) electrons. The fraction of sp³-hybridized carbons (Fsp3) is 0.600. The van der Waals surface area contributed by atoms with E-state index in [0.29, 0.717) is 11.5 Å². The molecule has 0 aliphatic heterocycles. The summed E-state index contributed by atoms with van der Waals surface area (Å²) >= 11 is 6.02. The van der Waals surface area contributed by atoms with E-state index in [9.17, 15) is 0 Å². The molecule has 17 heavy (non-hydrogen) atoms. The minimum Gasteiger partial charge on any atom is -0.310 e. The summed E-state index contributed by atoms with van der Waals surface area (Å²) in [7, 11) is 0. The van der Waals surface area contributed by atoms with Gasteiger partial charge in [0.2, 0.25) is 0 Å². The van der Waals surface area contributed by atoms with Gasteiger partial charge in [-0.1, -0.05) is 23.7 Å². The standard InChI is InChI=1S/C15H20ClN/c1-11(12-3-2-4-14(16)9-12)17-10-15(7-8-15)13-5-6-13/h2-4,9,11,13,17H,5-8,10H2,1H3. The normalized spacial score (nSPS) is 23.4. The van der Waals surface area contributed by atoms with Gasteiger partial charge in [-0.15, -0.1) is 0 Å². The molecule has 0 heterocycles. The SMILES string of the molecule is CC(NCC1(C2CC2)CC1)c1cccc(Cl)c1. The van der Waals surface area contributed by atoms with Crippen molar-refractivity contribution >= 4 is 11.6 Å². The Labute approximate surface area is 109 Å². The molecule has 1 unspecified atom stereocenters. The van der Waals surface area contributed by atoms with Crippen LogP contribution in [-0.4, -0.2) is 6.54 Å². The minimum absolute atomic E-state index is 0.407. The van der Waals surface area contributed by atoms with Crippen molar-refractivity contribution in [2.24, 2.45) is 11.3 Å². The zero-order valence-electron chi connectivity index (χ0n) is 10.4. The second-order valence-corrected chi connectivity index (χ2v) is 6.23. The first-order valence-corrected chi connectivity index (χ1v) is 7.06. The smallest absolute Gasteiger partial charge is 0.0409 e. The van der Waals surface area contributed by atoms with Crippen LogP contribution in [0.3, 0.4) is 0 Å². The number of halogens is 1. The maximum absolute atomic E-state index is 6.02. The maximum atomic E-state index is 6.02. The van der Waals surface area contributed by atoms with Crippen molar-refractivity contribution in [3.63, 3.8) is 0 Å². The first-order valence-electron chi connectivity index (χ1n) is 6.68. The highest BCUT2D eigenvalue weighted by molar-refractivity contribution is 6.30. The molecule has 0 amide bonds. The molecule has 0 spiro atoms. The van der Waals surface area contributed by atoms with Gasteiger partial charge in [-0.3, -0.25) is 0 Å². The number of rotatable bonds is 5. The summed E-state index contributed by atoms with van der Waals surface area (Å²) in [5, 5.41) is 4.52. The quantitative estimate of drug-likeness (QED) is 0.826. The molecular formula is C15H20ClN. The fourth-order valence-electron chi connectivity index (χ4n) is 2.84. The predicted octanol–water partition coefficient (Wildman–Crippen LogP) is 4.18. The van der Waals surface area contributed by atoms with Gasteiger partial charge in [-0.05, 0) is 61.6 Å². The highest BCUT2D eigenvalue weighted by atomic mass is 35.5. The average Bonchev–Trinajstić information content (AvgIpc) is 3.15. The van der Waals surface area contributed by atoms with Crippen LogP contribution in [0.25, 0.3) is 0 Å². The number of hydrogen-bond donors (Lipinski definition) is 1. The van der Waals surface area contributed by atoms with Crippen LogP contribution in [0.15, 0.2) is 24.3 Å². The third kappa shape index (κ3) is 2.51. The van der Waals surface area contributed by atoms with Gasteiger partial charge in [-0.2, -0.15) is 0 Å². The lowest BCUT2D eigenvalue weighted by Crippen LogP contribution is -2.27. The first-order chi connectivity index (χ1) is 8.20. The van der Waals surface area contributed by atoms with Gasteiger partial charge < -0.3 is 5.32 Å². The highest BCUT2D eigenvalue weighted by Gasteiger charge is 2.53. The molecule has 1 aromatic carbocycles. The van der Waals surface area contributed by atoms with Crippen molar-refractivity contribution in [3.05, 3.63) is 34.9 Å². The summed E-state index contributed by atoms with van der Waals surface area (Å²) < 4.78 is 0. The first kappa shape index (κ1) is 11.6. The van der Waals surface area contributed by atoms with E-state index in [-0.39, 0.29) is 0 Å². The van der Waals surface area contributed by atoms with Crippen LogP contribution in [0.4, 0.5) is 0 Å². The molecule has 92 valence electrons. The van der Waals surface area contributed by atoms with Crippen LogP contribution < -0.4 is 5.32 Å². The van der Waals surface area contributed by atoms with Crippen LogP contribution in [0.2, 0.25) is 5.02 Å². The average molecular weight is 250 g/mol. The van der Waals surface area contributed by atoms with E-state index in [1.54, 1.807) is 0 Å². The van der Waals surface area contributed by atoms with Gasteiger partial charge in [-0.25, -0.2) is 0 Å². The third-order valence-electron chi connectivity index (χ3n) is 4.44. The molecule has 2 fully saturated rings. The van der Waals surface area contributed by atoms with Crippen molar-refractivity contribution in [1.82, 2.24) is 5.32 Å². The van der Waals surface area contributed by atoms with Gasteiger partial charge in [0.15, 0.2) is 0 Å². The molecule has 1 aromatic rings. The Balaban J connectivity index is 1.58. The monoisotopic (exact) mass is 249 g/mol. The molecular weight excluding hydrogens is 230 g/mol. The molecule has 0 saturated heterocycles. The number of benzene rings is 1. The van der Waals surface area contributed by atoms with Gasteiger partial charge >= 0.3 is 0 Å². The number of hydrogen-bond acceptors (Lipinski definition) is 1. The van der Waals surface area contributed by atoms with Crippen molar-refractivity contribution in [3.8, 4) is 0 Å². The summed E-state index contributed by atoms with van der Waals surface area (Å²) in [4.78, 5) is 0. The van der Waals surface area contributed by atoms with Gasteiger partial charge in [0, 0.05) is 17.6 Å². The van der Waals surface area contributed by atoms with Crippen LogP contribution in [-0.2, 0) is 0 Å². The Kier molecular flexibility index (Phi) is 2.92. The summed E-state index contributed by atoms with van der Waals surface area (Å²) in [6.45, 7) is 3.42. The minimum atomic E-state index is 0.407. The second-order valence-electron chi connectivity index (χ2n) is 5.79. The molecule has 0 aromatic heterocycles. The van der Waals surface area contributed by atoms with E-state index < -0.39 is 0 Å². The Hall–Kier alpha value is -0.530. The largest absolute Gasteiger partial charge is 0.310 e. The zero-order chi connectivity index (χ0) is 11.9. The van der Waals surface area contributed by atoms with Crippen molar-refractivity contribution in [2.75, 3.05) is 6.54 Å². The van der Waals surface area contributed by atoms with E-state index in [4.69, 9.17) is 11.6 Å². The predicted molar refractivity (Wildman–Crippen MR) is 72.3 cm³/mol. The van der Waals surface area contributed by atoms with Crippen LogP contribution >= 0.6 is 11.6 Å². The molecule has 1 N–H and O–H groups in total. The molecule has 2 aliphatic rings. The number of nitrogens with one attached hydrogen (secondary N) is 1. The van der Waals surface area contributed by atoms with Gasteiger partial charge in [0.05, 0.1) is 0 Å². The molecule has 2 aliphatic carbocycles. The van der Waals surface area contributed by atoms with Crippen LogP contribution in [0.5, 0.6) is 0 Å². The Morgan fingerprint density at radius 2 is 2.18 bits per heavy atom. The summed E-state index contributed by atoms with van der Waals surface area (Å²) in [5.74, 6) is 1.03. The van der Waals surface area contributed by atoms with Crippen molar-refractivity contribution < 1.29 is 0 Å². The lowest BCUT2D eigenvalue weighted by molar-refractivity contribution is 0.382. The summed E-state index contributed by atoms with van der Waals surface area (Å²) in [5.41, 5.74) is 1.97. The van der Waals surface area contributed by atoms with E-state index >= 15 is 0 Å². The lowest BCUT2D eigenvalue weighted by atomic mass is 9.99. The molecule has 0 bridgehead atoms. The van der Waals surface area contributed by atoms with Crippen molar-refractivity contribution in [2.45, 2.75) is 38.6 Å². The van der Waals surface area contributed by atoms with Crippen LogP contribution in [0, 0.1) is 11.3 Å². The molecule has 3 rings (SSSR count). The van der Waals surface area contributed by atoms with E-state index in [1.165, 1.54) is 37.8 Å². The Bertz CT molecular complexity index is 407. The zero-order valence-corrected chi connectivity index (χ0v) is 11.1.